The van der Waals surface area contributed by atoms with Crippen LogP contribution in [0.5, 0.6) is 0 Å². The summed E-state index contributed by atoms with van der Waals surface area (Å²) in [4.78, 5) is 32.8. The van der Waals surface area contributed by atoms with Gasteiger partial charge in [0.05, 0.1) is 11.5 Å². The Bertz CT molecular complexity index is 772. The van der Waals surface area contributed by atoms with Crippen molar-refractivity contribution in [3.63, 3.8) is 0 Å². The van der Waals surface area contributed by atoms with Gasteiger partial charge in [-0.25, -0.2) is 13.4 Å². The van der Waals surface area contributed by atoms with Gasteiger partial charge in [0.25, 0.3) is 11.8 Å². The number of carbonyl (C=O) groups excluding carboxylic acids is 2. The zero-order chi connectivity index (χ0) is 18.0. The second-order valence-corrected chi connectivity index (χ2v) is 8.78. The highest BCUT2D eigenvalue weighted by Gasteiger charge is 2.34. The molecule has 2 aliphatic rings. The van der Waals surface area contributed by atoms with Crippen molar-refractivity contribution in [2.45, 2.75) is 32.2 Å². The highest BCUT2D eigenvalue weighted by atomic mass is 32.2. The molecule has 136 valence electrons. The maximum atomic E-state index is 12.8. The van der Waals surface area contributed by atoms with Gasteiger partial charge >= 0.3 is 0 Å². The van der Waals surface area contributed by atoms with Crippen LogP contribution in [-0.2, 0) is 9.84 Å². The molecule has 0 radical (unpaired) electrons. The lowest BCUT2D eigenvalue weighted by atomic mass is 10.2. The minimum Gasteiger partial charge on any atom is -0.337 e. The summed E-state index contributed by atoms with van der Waals surface area (Å²) >= 11 is 0. The number of likely N-dealkylation sites (tertiary alicyclic amines) is 1. The van der Waals surface area contributed by atoms with Gasteiger partial charge < -0.3 is 9.80 Å². The molecule has 2 aliphatic heterocycles. The minimum atomic E-state index is -3.07. The summed E-state index contributed by atoms with van der Waals surface area (Å²) in [5.41, 5.74) is 0.457. The van der Waals surface area contributed by atoms with Gasteiger partial charge in [-0.2, -0.15) is 0 Å². The molecule has 3 rings (SSSR count). The van der Waals surface area contributed by atoms with Crippen LogP contribution >= 0.6 is 0 Å². The fourth-order valence-electron chi connectivity index (χ4n) is 3.49. The minimum absolute atomic E-state index is 0.00101. The molecule has 1 aromatic heterocycles. The van der Waals surface area contributed by atoms with Gasteiger partial charge in [-0.05, 0) is 38.3 Å². The van der Waals surface area contributed by atoms with Gasteiger partial charge in [0.1, 0.15) is 11.4 Å². The lowest BCUT2D eigenvalue weighted by Crippen LogP contribution is -2.41. The van der Waals surface area contributed by atoms with E-state index in [2.05, 4.69) is 4.98 Å². The van der Waals surface area contributed by atoms with E-state index in [1.54, 1.807) is 28.0 Å². The maximum Gasteiger partial charge on any atom is 0.272 e. The van der Waals surface area contributed by atoms with E-state index in [0.717, 1.165) is 25.9 Å². The Hall–Kier alpha value is -1.96. The maximum absolute atomic E-state index is 12.8. The predicted molar refractivity (Wildman–Crippen MR) is 93.1 cm³/mol. The van der Waals surface area contributed by atoms with E-state index in [4.69, 9.17) is 0 Å². The first kappa shape index (κ1) is 17.8. The highest BCUT2D eigenvalue weighted by molar-refractivity contribution is 7.91. The van der Waals surface area contributed by atoms with E-state index in [9.17, 15) is 18.0 Å². The van der Waals surface area contributed by atoms with E-state index >= 15 is 0 Å². The number of rotatable bonds is 4. The smallest absolute Gasteiger partial charge is 0.272 e. The molecule has 1 aromatic rings. The first-order valence-corrected chi connectivity index (χ1v) is 10.5. The Labute approximate surface area is 147 Å². The molecule has 8 heteroatoms. The molecule has 0 saturated carbocycles. The number of hydrogen-bond acceptors (Lipinski definition) is 5. The predicted octanol–water partition coefficient (Wildman–Crippen LogP) is 0.967. The third-order valence-corrected chi connectivity index (χ3v) is 6.58. The molecule has 3 heterocycles. The van der Waals surface area contributed by atoms with Crippen molar-refractivity contribution in [3.8, 4) is 0 Å². The number of nitrogens with zero attached hydrogens (tertiary/aromatic N) is 3. The molecule has 2 amide bonds. The van der Waals surface area contributed by atoms with E-state index in [1.165, 1.54) is 0 Å². The summed E-state index contributed by atoms with van der Waals surface area (Å²) in [6.45, 7) is 3.67. The van der Waals surface area contributed by atoms with Gasteiger partial charge in [0, 0.05) is 25.7 Å². The number of aromatic nitrogens is 1. The normalized spacial score (nSPS) is 22.1. The summed E-state index contributed by atoms with van der Waals surface area (Å²) in [5.74, 6) is -0.360. The first-order chi connectivity index (χ1) is 11.9. The first-order valence-electron chi connectivity index (χ1n) is 8.69. The summed E-state index contributed by atoms with van der Waals surface area (Å²) in [6.07, 6.45) is 2.43. The van der Waals surface area contributed by atoms with Crippen LogP contribution in [0.3, 0.4) is 0 Å². The number of sulfone groups is 1. The van der Waals surface area contributed by atoms with Gasteiger partial charge in [0.2, 0.25) is 0 Å². The summed E-state index contributed by atoms with van der Waals surface area (Å²) in [6, 6.07) is 4.54. The van der Waals surface area contributed by atoms with E-state index in [0.29, 0.717) is 13.0 Å². The summed E-state index contributed by atoms with van der Waals surface area (Å²) < 4.78 is 23.4. The van der Waals surface area contributed by atoms with Crippen LogP contribution in [0.2, 0.25) is 0 Å². The zero-order valence-corrected chi connectivity index (χ0v) is 15.2. The average molecular weight is 365 g/mol. The van der Waals surface area contributed by atoms with Crippen LogP contribution in [0.4, 0.5) is 0 Å². The van der Waals surface area contributed by atoms with Gasteiger partial charge in [-0.3, -0.25) is 9.59 Å². The van der Waals surface area contributed by atoms with Crippen molar-refractivity contribution in [1.29, 1.82) is 0 Å². The number of carbonyl (C=O) groups is 2. The van der Waals surface area contributed by atoms with Crippen LogP contribution in [-0.4, -0.2) is 72.2 Å². The molecule has 0 aromatic carbocycles. The second kappa shape index (κ2) is 7.11. The monoisotopic (exact) mass is 365 g/mol. The standard InChI is InChI=1S/C17H23N3O4S/c1-2-20(13-8-11-25(23,24)12-13)17(22)15-7-5-6-14(18-15)16(21)19-9-3-4-10-19/h5-7,13H,2-4,8-12H2,1H3. The van der Waals surface area contributed by atoms with E-state index in [1.807, 2.05) is 6.92 Å². The molecule has 0 bridgehead atoms. The van der Waals surface area contributed by atoms with Crippen molar-refractivity contribution < 1.29 is 18.0 Å². The molecular weight excluding hydrogens is 342 g/mol. The van der Waals surface area contributed by atoms with Crippen LogP contribution in [0, 0.1) is 0 Å². The van der Waals surface area contributed by atoms with E-state index < -0.39 is 9.84 Å². The van der Waals surface area contributed by atoms with E-state index in [-0.39, 0.29) is 40.7 Å². The fraction of sp³-hybridized carbons (Fsp3) is 0.588. The molecule has 0 N–H and O–H groups in total. The Morgan fingerprint density at radius 1 is 1.24 bits per heavy atom. The molecule has 1 unspecified atom stereocenters. The van der Waals surface area contributed by atoms with Gasteiger partial charge in [0.15, 0.2) is 9.84 Å². The van der Waals surface area contributed by atoms with Crippen molar-refractivity contribution in [3.05, 3.63) is 29.6 Å². The number of pyridine rings is 1. The Morgan fingerprint density at radius 2 is 1.92 bits per heavy atom. The highest BCUT2D eigenvalue weighted by Crippen LogP contribution is 2.20. The number of amides is 2. The molecular formula is C17H23N3O4S. The van der Waals surface area contributed by atoms with Crippen molar-refractivity contribution in [2.75, 3.05) is 31.1 Å². The molecule has 0 aliphatic carbocycles. The third-order valence-electron chi connectivity index (χ3n) is 4.83. The Morgan fingerprint density at radius 3 is 2.52 bits per heavy atom. The summed E-state index contributed by atoms with van der Waals surface area (Å²) in [5, 5.41) is 0. The fourth-order valence-corrected chi connectivity index (χ4v) is 5.22. The van der Waals surface area contributed by atoms with Crippen LogP contribution in [0.1, 0.15) is 47.2 Å². The topological polar surface area (TPSA) is 87.7 Å². The summed E-state index contributed by atoms with van der Waals surface area (Å²) in [7, 11) is -3.07. The quantitative estimate of drug-likeness (QED) is 0.793. The molecule has 2 fully saturated rings. The van der Waals surface area contributed by atoms with Crippen molar-refractivity contribution in [1.82, 2.24) is 14.8 Å². The van der Waals surface area contributed by atoms with Gasteiger partial charge in [-0.1, -0.05) is 6.07 Å². The molecule has 25 heavy (non-hydrogen) atoms. The molecule has 0 spiro atoms. The van der Waals surface area contributed by atoms with Crippen molar-refractivity contribution >= 4 is 21.7 Å². The lowest BCUT2D eigenvalue weighted by molar-refractivity contribution is 0.0701. The average Bonchev–Trinajstić information content (AvgIpc) is 3.25. The third kappa shape index (κ3) is 3.84. The van der Waals surface area contributed by atoms with Crippen molar-refractivity contribution in [2.24, 2.45) is 0 Å². The molecule has 2 saturated heterocycles. The lowest BCUT2D eigenvalue weighted by Gasteiger charge is -2.26. The Kier molecular flexibility index (Phi) is 5.08. The van der Waals surface area contributed by atoms with Crippen LogP contribution in [0.25, 0.3) is 0 Å². The largest absolute Gasteiger partial charge is 0.337 e. The van der Waals surface area contributed by atoms with Crippen LogP contribution in [0.15, 0.2) is 18.2 Å². The Balaban J connectivity index is 1.79. The zero-order valence-electron chi connectivity index (χ0n) is 14.3. The molecule has 7 nitrogen and oxygen atoms in total. The number of hydrogen-bond donors (Lipinski definition) is 0. The second-order valence-electron chi connectivity index (χ2n) is 6.56. The van der Waals surface area contributed by atoms with Crippen LogP contribution < -0.4 is 0 Å². The van der Waals surface area contributed by atoms with Gasteiger partial charge in [-0.15, -0.1) is 0 Å². The SMILES string of the molecule is CCN(C(=O)c1cccc(C(=O)N2CCCC2)n1)C1CCS(=O)(=O)C1. The molecule has 1 atom stereocenters.